The minimum Gasteiger partial charge on any atom is -0.466 e. The molecule has 0 aromatic heterocycles. The smallest absolute Gasteiger partial charge is 0.466 e. The number of esters is 2. The summed E-state index contributed by atoms with van der Waals surface area (Å²) in [5, 5.41) is 0. The van der Waals surface area contributed by atoms with Crippen molar-refractivity contribution in [1.29, 1.82) is 0 Å². The highest BCUT2D eigenvalue weighted by molar-refractivity contribution is 5.69. The number of hydrogen-bond donors (Lipinski definition) is 0. The van der Waals surface area contributed by atoms with Gasteiger partial charge in [0.05, 0.1) is 32.8 Å². The number of carbonyl (C=O) groups is 4. The van der Waals surface area contributed by atoms with Crippen LogP contribution in [0.15, 0.2) is 24.3 Å². The van der Waals surface area contributed by atoms with Crippen LogP contribution >= 0.6 is 0 Å². The minimum absolute atomic E-state index is 0.189. The van der Waals surface area contributed by atoms with E-state index in [2.05, 4.69) is 63.8 Å². The van der Waals surface area contributed by atoms with Crippen molar-refractivity contribution in [2.45, 2.75) is 240 Å². The van der Waals surface area contributed by atoms with E-state index in [1.54, 1.807) is 0 Å². The highest BCUT2D eigenvalue weighted by Gasteiger charge is 2.29. The number of likely N-dealkylation sites (tertiary alicyclic amines) is 1. The maximum Gasteiger partial charge on any atom is 0.508 e. The molecule has 0 radical (unpaired) electrons. The molecule has 3 atom stereocenters. The highest BCUT2D eigenvalue weighted by atomic mass is 16.7. The van der Waals surface area contributed by atoms with Crippen LogP contribution in [-0.4, -0.2) is 108 Å². The fraction of sp³-hybridized carbons (Fsp3) is 0.860. The predicted molar refractivity (Wildman–Crippen MR) is 278 cm³/mol. The molecule has 402 valence electrons. The highest BCUT2D eigenvalue weighted by Crippen LogP contribution is 2.30. The zero-order valence-corrected chi connectivity index (χ0v) is 44.8. The third kappa shape index (κ3) is 37.6. The topological polar surface area (TPSA) is 136 Å². The van der Waals surface area contributed by atoms with Crippen LogP contribution in [0.3, 0.4) is 0 Å². The van der Waals surface area contributed by atoms with E-state index >= 15 is 0 Å². The maximum absolute atomic E-state index is 12.9. The van der Waals surface area contributed by atoms with Crippen LogP contribution in [0.25, 0.3) is 0 Å². The monoisotopic (exact) mass is 978 g/mol. The number of carbonyl (C=O) groups excluding carboxylic acids is 4. The average molecular weight is 978 g/mol. The van der Waals surface area contributed by atoms with Crippen molar-refractivity contribution in [3.8, 4) is 0 Å². The molecule has 1 aliphatic rings. The molecule has 1 saturated heterocycles. The summed E-state index contributed by atoms with van der Waals surface area (Å²) in [7, 11) is 0. The van der Waals surface area contributed by atoms with Gasteiger partial charge in [-0.2, -0.15) is 0 Å². The fourth-order valence-electron chi connectivity index (χ4n) is 8.64. The molecular formula is C57H103NO11. The fourth-order valence-corrected chi connectivity index (χ4v) is 8.64. The van der Waals surface area contributed by atoms with Gasteiger partial charge >= 0.3 is 18.1 Å². The molecule has 12 nitrogen and oxygen atoms in total. The first-order valence-electron chi connectivity index (χ1n) is 28.2. The quantitative estimate of drug-likeness (QED) is 0.0143. The SMILES string of the molecule is CC/C=C\CCCCOC(CCC(=O)OCCCC(CCCOC(=O)CCCCCCCOCC(C=O)(CCCC)CCCCCC)OC(=O)OCC1CCCN(CC)C1)OCCCC/C=C\CC. The number of nitrogens with zero attached hydrogens (tertiary/aromatic N) is 1. The Bertz CT molecular complexity index is 1270. The van der Waals surface area contributed by atoms with E-state index in [1.165, 1.54) is 19.3 Å². The van der Waals surface area contributed by atoms with Crippen LogP contribution in [-0.2, 0) is 47.5 Å². The van der Waals surface area contributed by atoms with Gasteiger partial charge in [0.25, 0.3) is 0 Å². The Morgan fingerprint density at radius 1 is 0.609 bits per heavy atom. The summed E-state index contributed by atoms with van der Waals surface area (Å²) in [6.45, 7) is 16.9. The first kappa shape index (κ1) is 64.2. The van der Waals surface area contributed by atoms with E-state index in [0.29, 0.717) is 71.6 Å². The lowest BCUT2D eigenvalue weighted by molar-refractivity contribution is -0.159. The Morgan fingerprint density at radius 3 is 1.83 bits per heavy atom. The number of piperidine rings is 1. The summed E-state index contributed by atoms with van der Waals surface area (Å²) in [5.41, 5.74) is -0.347. The van der Waals surface area contributed by atoms with E-state index in [-0.39, 0.29) is 42.9 Å². The second-order valence-corrected chi connectivity index (χ2v) is 19.4. The van der Waals surface area contributed by atoms with Crippen LogP contribution in [0.4, 0.5) is 4.79 Å². The van der Waals surface area contributed by atoms with Crippen molar-refractivity contribution in [3.63, 3.8) is 0 Å². The summed E-state index contributed by atoms with van der Waals surface area (Å²) in [6, 6.07) is 0. The zero-order chi connectivity index (χ0) is 50.3. The van der Waals surface area contributed by atoms with Crippen LogP contribution in [0, 0.1) is 11.3 Å². The Kier molecular flexibility index (Phi) is 43.1. The molecule has 1 rings (SSSR count). The lowest BCUT2D eigenvalue weighted by atomic mass is 9.80. The number of hydrogen-bond acceptors (Lipinski definition) is 12. The second kappa shape index (κ2) is 46.3. The summed E-state index contributed by atoms with van der Waals surface area (Å²) in [4.78, 5) is 52.8. The summed E-state index contributed by atoms with van der Waals surface area (Å²) < 4.78 is 40.8. The van der Waals surface area contributed by atoms with Gasteiger partial charge in [0.15, 0.2) is 6.29 Å². The van der Waals surface area contributed by atoms with Crippen LogP contribution in [0.5, 0.6) is 0 Å². The number of unbranched alkanes of at least 4 members (excludes halogenated alkanes) is 12. The number of ether oxygens (including phenoxy) is 7. The number of rotatable bonds is 48. The van der Waals surface area contributed by atoms with Gasteiger partial charge in [-0.15, -0.1) is 0 Å². The van der Waals surface area contributed by atoms with Gasteiger partial charge in [-0.05, 0) is 129 Å². The van der Waals surface area contributed by atoms with Gasteiger partial charge in [0.2, 0.25) is 0 Å². The Labute approximate surface area is 421 Å². The standard InChI is InChI=1S/C57H103NO11/c1-6-11-15-18-23-28-43-66-55(67-44-29-24-19-16-12-7-2)38-37-54(61)65-46-32-35-52(69-56(62)68-48-51-33-30-41-58(10-5)47-51)34-31-45-64-53(60)36-25-21-20-22-27-42-63-50-57(49-59,39-14-9-4)40-26-17-13-8-3/h11-12,15-16,49,51-52,55H,6-10,13-14,17-48,50H2,1-5H3/b15-11-,16-12-. The van der Waals surface area contributed by atoms with Crippen LogP contribution in [0.2, 0.25) is 0 Å². The molecule has 1 aliphatic heterocycles. The molecule has 0 aromatic carbocycles. The van der Waals surface area contributed by atoms with Crippen molar-refractivity contribution in [3.05, 3.63) is 24.3 Å². The molecule has 69 heavy (non-hydrogen) atoms. The molecule has 0 amide bonds. The van der Waals surface area contributed by atoms with Crippen molar-refractivity contribution in [2.24, 2.45) is 11.3 Å². The van der Waals surface area contributed by atoms with Crippen LogP contribution in [0.1, 0.15) is 227 Å². The third-order valence-electron chi connectivity index (χ3n) is 13.0. The molecule has 1 fully saturated rings. The Hall–Kier alpha value is -2.80. The third-order valence-corrected chi connectivity index (χ3v) is 13.0. The van der Waals surface area contributed by atoms with Crippen molar-refractivity contribution in [1.82, 2.24) is 4.90 Å². The summed E-state index contributed by atoms with van der Waals surface area (Å²) >= 11 is 0. The molecule has 1 heterocycles. The Balaban J connectivity index is 2.51. The first-order chi connectivity index (χ1) is 33.7. The van der Waals surface area contributed by atoms with Crippen molar-refractivity contribution in [2.75, 3.05) is 65.9 Å². The largest absolute Gasteiger partial charge is 0.508 e. The first-order valence-corrected chi connectivity index (χ1v) is 28.2. The summed E-state index contributed by atoms with van der Waals surface area (Å²) in [6.07, 6.45) is 34.9. The lowest BCUT2D eigenvalue weighted by Gasteiger charge is -2.31. The molecule has 12 heteroatoms. The van der Waals surface area contributed by atoms with Crippen molar-refractivity contribution < 1.29 is 52.3 Å². The van der Waals surface area contributed by atoms with E-state index < -0.39 is 18.5 Å². The average Bonchev–Trinajstić information content (AvgIpc) is 3.36. The predicted octanol–water partition coefficient (Wildman–Crippen LogP) is 14.0. The van der Waals surface area contributed by atoms with E-state index in [1.807, 2.05) is 0 Å². The van der Waals surface area contributed by atoms with E-state index in [0.717, 1.165) is 154 Å². The Morgan fingerprint density at radius 2 is 1.20 bits per heavy atom. The van der Waals surface area contributed by atoms with Gasteiger partial charge in [-0.3, -0.25) is 9.59 Å². The number of allylic oxidation sites excluding steroid dienone is 4. The lowest BCUT2D eigenvalue weighted by Crippen LogP contribution is -2.37. The molecule has 0 N–H and O–H groups in total. The molecule has 0 saturated carbocycles. The van der Waals surface area contributed by atoms with Gasteiger partial charge in [0, 0.05) is 50.5 Å². The molecule has 0 bridgehead atoms. The van der Waals surface area contributed by atoms with Gasteiger partial charge in [0.1, 0.15) is 12.4 Å². The molecule has 0 aliphatic carbocycles. The maximum atomic E-state index is 12.9. The zero-order valence-electron chi connectivity index (χ0n) is 44.8. The molecule has 0 spiro atoms. The van der Waals surface area contributed by atoms with Crippen molar-refractivity contribution >= 4 is 24.4 Å². The number of aldehydes is 1. The summed E-state index contributed by atoms with van der Waals surface area (Å²) in [5.74, 6) is -0.241. The van der Waals surface area contributed by atoms with E-state index in [4.69, 9.17) is 33.2 Å². The van der Waals surface area contributed by atoms with Gasteiger partial charge in [-0.25, -0.2) is 4.79 Å². The molecular weight excluding hydrogens is 875 g/mol. The normalized spacial score (nSPS) is 15.7. The van der Waals surface area contributed by atoms with Gasteiger partial charge < -0.3 is 42.9 Å². The second-order valence-electron chi connectivity index (χ2n) is 19.4. The van der Waals surface area contributed by atoms with E-state index in [9.17, 15) is 19.2 Å². The van der Waals surface area contributed by atoms with Gasteiger partial charge in [-0.1, -0.05) is 117 Å². The molecule has 0 aromatic rings. The minimum atomic E-state index is -0.686. The molecule has 3 unspecified atom stereocenters. The van der Waals surface area contributed by atoms with Crippen LogP contribution < -0.4 is 0 Å².